The van der Waals surface area contributed by atoms with Gasteiger partial charge in [-0.05, 0) is 61.7 Å². The van der Waals surface area contributed by atoms with E-state index in [9.17, 15) is 9.90 Å². The number of rotatable bonds is 13. The van der Waals surface area contributed by atoms with Crippen molar-refractivity contribution in [2.75, 3.05) is 23.8 Å². The fraction of sp³-hybridized carbons (Fsp3) is 0.300. The van der Waals surface area contributed by atoms with E-state index in [-0.39, 0.29) is 11.7 Å². The molecule has 0 radical (unpaired) electrons. The van der Waals surface area contributed by atoms with Gasteiger partial charge in [-0.25, -0.2) is 4.99 Å². The first kappa shape index (κ1) is 28.2. The maximum atomic E-state index is 12.0. The zero-order valence-electron chi connectivity index (χ0n) is 22.0. The van der Waals surface area contributed by atoms with Gasteiger partial charge in [-0.2, -0.15) is 0 Å². The average molecular weight is 515 g/mol. The Hall–Kier alpha value is -4.33. The molecule has 0 saturated heterocycles. The number of amidine groups is 1. The number of para-hydroxylation sites is 1. The molecule has 0 atom stereocenters. The predicted octanol–water partition coefficient (Wildman–Crippen LogP) is 5.50. The fourth-order valence-electron chi connectivity index (χ4n) is 3.65. The topological polar surface area (TPSA) is 110 Å². The minimum Gasteiger partial charge on any atom is -0.508 e. The van der Waals surface area contributed by atoms with Crippen molar-refractivity contribution < 1.29 is 9.90 Å². The van der Waals surface area contributed by atoms with Crippen LogP contribution in [-0.4, -0.2) is 36.0 Å². The van der Waals surface area contributed by atoms with Crippen molar-refractivity contribution in [3.05, 3.63) is 90.5 Å². The van der Waals surface area contributed by atoms with Gasteiger partial charge in [0, 0.05) is 30.9 Å². The maximum absolute atomic E-state index is 12.0. The third kappa shape index (κ3) is 11.6. The molecule has 0 saturated carbocycles. The van der Waals surface area contributed by atoms with Crippen LogP contribution in [0.25, 0.3) is 0 Å². The highest BCUT2D eigenvalue weighted by molar-refractivity contribution is 6.05. The van der Waals surface area contributed by atoms with E-state index in [4.69, 9.17) is 0 Å². The molecule has 38 heavy (non-hydrogen) atoms. The van der Waals surface area contributed by atoms with E-state index in [1.807, 2.05) is 67.6 Å². The number of carbonyl (C=O) groups excluding carboxylic acids is 1. The first-order valence-electron chi connectivity index (χ1n) is 13.1. The molecule has 8 heteroatoms. The number of anilines is 2. The van der Waals surface area contributed by atoms with Crippen molar-refractivity contribution in [2.45, 2.75) is 45.6 Å². The van der Waals surface area contributed by atoms with Gasteiger partial charge in [0.2, 0.25) is 11.9 Å². The number of nitrogens with zero attached hydrogens (tertiary/aromatic N) is 2. The van der Waals surface area contributed by atoms with Gasteiger partial charge in [0.05, 0.1) is 5.84 Å². The molecule has 8 nitrogen and oxygen atoms in total. The summed E-state index contributed by atoms with van der Waals surface area (Å²) in [6, 6.07) is 26.6. The van der Waals surface area contributed by atoms with E-state index in [2.05, 4.69) is 31.3 Å². The average Bonchev–Trinajstić information content (AvgIpc) is 2.93. The molecule has 0 bridgehead atoms. The highest BCUT2D eigenvalue weighted by Crippen LogP contribution is 2.13. The molecule has 0 aliphatic rings. The number of carbonyl (C=O) groups is 1. The molecule has 200 valence electrons. The van der Waals surface area contributed by atoms with Gasteiger partial charge >= 0.3 is 0 Å². The first-order valence-corrected chi connectivity index (χ1v) is 13.1. The molecule has 3 rings (SSSR count). The molecule has 5 N–H and O–H groups in total. The molecule has 0 aromatic heterocycles. The van der Waals surface area contributed by atoms with Crippen LogP contribution < -0.4 is 21.3 Å². The molecule has 0 aliphatic heterocycles. The van der Waals surface area contributed by atoms with Gasteiger partial charge in [-0.3, -0.25) is 9.79 Å². The lowest BCUT2D eigenvalue weighted by Gasteiger charge is -2.13. The van der Waals surface area contributed by atoms with Crippen LogP contribution >= 0.6 is 0 Å². The van der Waals surface area contributed by atoms with Crippen LogP contribution in [0.3, 0.4) is 0 Å². The first-order chi connectivity index (χ1) is 18.6. The lowest BCUT2D eigenvalue weighted by Crippen LogP contribution is -2.35. The van der Waals surface area contributed by atoms with Crippen molar-refractivity contribution in [2.24, 2.45) is 9.98 Å². The van der Waals surface area contributed by atoms with Crippen molar-refractivity contribution in [1.82, 2.24) is 10.6 Å². The summed E-state index contributed by atoms with van der Waals surface area (Å²) in [6.45, 7) is 3.57. The molecular weight excluding hydrogens is 476 g/mol. The summed E-state index contributed by atoms with van der Waals surface area (Å²) in [5.41, 5.74) is 2.90. The normalized spacial score (nSPS) is 11.6. The second kappa shape index (κ2) is 16.4. The van der Waals surface area contributed by atoms with Gasteiger partial charge in [0.15, 0.2) is 0 Å². The summed E-state index contributed by atoms with van der Waals surface area (Å²) in [5.74, 6) is 1.62. The fourth-order valence-corrected chi connectivity index (χ4v) is 3.65. The quantitative estimate of drug-likeness (QED) is 0.0895. The standard InChI is InChI=1S/C30H38N6O2/c1-24(31-21-11-3-2-10-16-29(38)32-22-25-12-6-4-7-13-25)35-30(36-27-17-19-28(37)20-18-27)34-23-33-26-14-8-5-9-15-26/h4-9,12-15,17-20,33,37H,2-3,10-11,16,21-23H2,1H3,(H,32,38)(H2,31,34,35,36). The minimum absolute atomic E-state index is 0.0987. The van der Waals surface area contributed by atoms with Crippen LogP contribution in [-0.2, 0) is 11.3 Å². The van der Waals surface area contributed by atoms with E-state index < -0.39 is 0 Å². The second-order valence-electron chi connectivity index (χ2n) is 8.90. The number of hydrogen-bond donors (Lipinski definition) is 5. The number of phenols is 1. The van der Waals surface area contributed by atoms with Crippen LogP contribution in [0.15, 0.2) is 94.9 Å². The Kier molecular flexibility index (Phi) is 12.2. The molecule has 0 spiro atoms. The highest BCUT2D eigenvalue weighted by atomic mass is 16.3. The number of amides is 1. The third-order valence-electron chi connectivity index (χ3n) is 5.72. The molecule has 0 aliphatic carbocycles. The molecular formula is C30H38N6O2. The molecule has 1 amide bonds. The van der Waals surface area contributed by atoms with Crippen molar-refractivity contribution in [1.29, 1.82) is 0 Å². The number of hydrogen-bond acceptors (Lipinski definition) is 5. The summed E-state index contributed by atoms with van der Waals surface area (Å²) >= 11 is 0. The number of nitrogens with one attached hydrogen (secondary N) is 4. The van der Waals surface area contributed by atoms with E-state index in [0.717, 1.165) is 48.5 Å². The number of aliphatic imine (C=N–C) groups is 2. The predicted molar refractivity (Wildman–Crippen MR) is 157 cm³/mol. The highest BCUT2D eigenvalue weighted by Gasteiger charge is 2.03. The second-order valence-corrected chi connectivity index (χ2v) is 8.90. The van der Waals surface area contributed by atoms with Gasteiger partial charge in [0.1, 0.15) is 12.4 Å². The Morgan fingerprint density at radius 3 is 2.21 bits per heavy atom. The zero-order valence-corrected chi connectivity index (χ0v) is 22.0. The largest absolute Gasteiger partial charge is 0.508 e. The van der Waals surface area contributed by atoms with Crippen LogP contribution in [0.5, 0.6) is 5.75 Å². The van der Waals surface area contributed by atoms with E-state index in [1.165, 1.54) is 0 Å². The molecule has 3 aromatic rings. The summed E-state index contributed by atoms with van der Waals surface area (Å²) in [6.07, 6.45) is 4.41. The minimum atomic E-state index is 0.0987. The Morgan fingerprint density at radius 2 is 1.47 bits per heavy atom. The van der Waals surface area contributed by atoms with Crippen LogP contribution in [0.4, 0.5) is 11.4 Å². The number of benzene rings is 3. The Morgan fingerprint density at radius 1 is 0.789 bits per heavy atom. The zero-order chi connectivity index (χ0) is 26.8. The third-order valence-corrected chi connectivity index (χ3v) is 5.72. The van der Waals surface area contributed by atoms with Gasteiger partial charge < -0.3 is 26.4 Å². The Balaban J connectivity index is 1.37. The summed E-state index contributed by atoms with van der Waals surface area (Å²) < 4.78 is 0. The molecule has 3 aromatic carbocycles. The molecule has 0 heterocycles. The van der Waals surface area contributed by atoms with Gasteiger partial charge in [-0.15, -0.1) is 0 Å². The van der Waals surface area contributed by atoms with E-state index >= 15 is 0 Å². The van der Waals surface area contributed by atoms with Crippen LogP contribution in [0.1, 0.15) is 44.6 Å². The Bertz CT molecular complexity index is 1150. The summed E-state index contributed by atoms with van der Waals surface area (Å²) in [4.78, 5) is 21.3. The van der Waals surface area contributed by atoms with Gasteiger partial charge in [0.25, 0.3) is 0 Å². The van der Waals surface area contributed by atoms with Crippen LogP contribution in [0.2, 0.25) is 0 Å². The lowest BCUT2D eigenvalue weighted by atomic mass is 10.1. The number of aromatic hydroxyl groups is 1. The number of guanidine groups is 1. The molecule has 0 unspecified atom stereocenters. The SMILES string of the molecule is CC(=NCCCCCCC(=O)NCc1ccccc1)N/C(=N\CNc1ccccc1)Nc1ccc(O)cc1. The summed E-state index contributed by atoms with van der Waals surface area (Å²) in [7, 11) is 0. The molecule has 0 fully saturated rings. The lowest BCUT2D eigenvalue weighted by molar-refractivity contribution is -0.121. The monoisotopic (exact) mass is 514 g/mol. The number of unbranched alkanes of at least 4 members (excludes halogenated alkanes) is 3. The number of phenolic OH excluding ortho intramolecular Hbond substituents is 1. The van der Waals surface area contributed by atoms with Crippen molar-refractivity contribution >= 4 is 29.1 Å². The maximum Gasteiger partial charge on any atom is 0.220 e. The van der Waals surface area contributed by atoms with E-state index in [1.54, 1.807) is 24.3 Å². The van der Waals surface area contributed by atoms with Crippen LogP contribution in [0, 0.1) is 0 Å². The van der Waals surface area contributed by atoms with Crippen molar-refractivity contribution in [3.63, 3.8) is 0 Å². The van der Waals surface area contributed by atoms with E-state index in [0.29, 0.717) is 32.1 Å². The van der Waals surface area contributed by atoms with Gasteiger partial charge in [-0.1, -0.05) is 61.4 Å². The summed E-state index contributed by atoms with van der Waals surface area (Å²) in [5, 5.41) is 22.3. The smallest absolute Gasteiger partial charge is 0.220 e. The Labute approximate surface area is 225 Å². The van der Waals surface area contributed by atoms with Crippen molar-refractivity contribution in [3.8, 4) is 5.75 Å².